The second-order valence-corrected chi connectivity index (χ2v) is 19.4. The summed E-state index contributed by atoms with van der Waals surface area (Å²) in [6.07, 6.45) is 0. The van der Waals surface area contributed by atoms with E-state index in [1.54, 1.807) is 0 Å². The van der Waals surface area contributed by atoms with Gasteiger partial charge in [0.15, 0.2) is 0 Å². The van der Waals surface area contributed by atoms with Crippen molar-refractivity contribution in [2.24, 2.45) is 0 Å². The summed E-state index contributed by atoms with van der Waals surface area (Å²) >= 11 is 0. The summed E-state index contributed by atoms with van der Waals surface area (Å²) in [4.78, 5) is 2.55. The highest BCUT2D eigenvalue weighted by Crippen LogP contribution is 2.68. The molecule has 4 aliphatic carbocycles. The molecule has 0 aromatic heterocycles. The zero-order chi connectivity index (χ0) is 46.0. The van der Waals surface area contributed by atoms with E-state index in [1.807, 2.05) is 0 Å². The summed E-state index contributed by atoms with van der Waals surface area (Å²) in [7, 11) is 0. The second kappa shape index (κ2) is 14.6. The molecular formula is C69H45N. The van der Waals surface area contributed by atoms with Crippen molar-refractivity contribution in [2.45, 2.75) is 16.2 Å². The van der Waals surface area contributed by atoms with E-state index in [2.05, 4.69) is 278 Å². The average molecular weight is 888 g/mol. The van der Waals surface area contributed by atoms with Crippen molar-refractivity contribution in [3.8, 4) is 33.4 Å². The fourth-order valence-electron chi connectivity index (χ4n) is 14.0. The van der Waals surface area contributed by atoms with Gasteiger partial charge in [0.1, 0.15) is 0 Å². The Labute approximate surface area is 409 Å². The number of hydrogen-bond donors (Lipinski definition) is 0. The molecule has 0 saturated carbocycles. The van der Waals surface area contributed by atoms with Crippen molar-refractivity contribution in [3.05, 3.63) is 340 Å². The lowest BCUT2D eigenvalue weighted by Crippen LogP contribution is -2.43. The minimum atomic E-state index is -0.615. The molecule has 0 amide bonds. The van der Waals surface area contributed by atoms with Crippen LogP contribution in [0.1, 0.15) is 66.8 Å². The number of fused-ring (bicyclic) bond motifs is 19. The van der Waals surface area contributed by atoms with Gasteiger partial charge in [0.2, 0.25) is 0 Å². The van der Waals surface area contributed by atoms with Crippen molar-refractivity contribution in [1.82, 2.24) is 0 Å². The van der Waals surface area contributed by atoms with Crippen molar-refractivity contribution in [3.63, 3.8) is 0 Å². The summed E-state index contributed by atoms with van der Waals surface area (Å²) in [6, 6.07) is 103. The van der Waals surface area contributed by atoms with Gasteiger partial charge in [-0.3, -0.25) is 0 Å². The SMILES string of the molecule is c1ccc(N(c2ccc3c(c2)C2(c4ccccc4-c4ccccc42)c2ccccc2C32c3ccccc3-c3ccccc32)c2cccc3c2-c2ccccc2C3(c2ccccc2)c2ccccc2)cc1. The Morgan fingerprint density at radius 3 is 1.06 bits per heavy atom. The molecule has 70 heavy (non-hydrogen) atoms. The lowest BCUT2D eigenvalue weighted by molar-refractivity contribution is 0.633. The molecule has 15 rings (SSSR count). The maximum absolute atomic E-state index is 2.59. The van der Waals surface area contributed by atoms with E-state index in [4.69, 9.17) is 0 Å². The minimum absolute atomic E-state index is 0.538. The number of benzene rings is 11. The molecular weight excluding hydrogens is 843 g/mol. The van der Waals surface area contributed by atoms with Crippen LogP contribution in [0.2, 0.25) is 0 Å². The first-order valence-electron chi connectivity index (χ1n) is 24.6. The van der Waals surface area contributed by atoms with Crippen LogP contribution < -0.4 is 4.90 Å². The fourth-order valence-corrected chi connectivity index (χ4v) is 14.0. The molecule has 11 aromatic carbocycles. The number of rotatable bonds is 5. The summed E-state index contributed by atoms with van der Waals surface area (Å²) in [6.45, 7) is 0. The zero-order valence-electron chi connectivity index (χ0n) is 38.4. The number of para-hydroxylation sites is 1. The first kappa shape index (κ1) is 39.2. The molecule has 0 fully saturated rings. The molecule has 0 saturated heterocycles. The predicted octanol–water partition coefficient (Wildman–Crippen LogP) is 16.6. The van der Waals surface area contributed by atoms with Gasteiger partial charge in [-0.25, -0.2) is 0 Å². The van der Waals surface area contributed by atoms with E-state index in [9.17, 15) is 0 Å². The first-order chi connectivity index (χ1) is 34.8. The van der Waals surface area contributed by atoms with E-state index < -0.39 is 16.2 Å². The molecule has 1 nitrogen and oxygen atoms in total. The van der Waals surface area contributed by atoms with Gasteiger partial charge in [0, 0.05) is 16.9 Å². The highest BCUT2D eigenvalue weighted by molar-refractivity contribution is 5.99. The standard InChI is InChI=1S/C69H45N/c1-4-23-46(24-5-1)67(47-25-6-2-7-26-47)59-38-19-14-33-54(59)66-63(67)41-22-42-65(66)70(48-27-8-3-9-28-48)49-43-44-62-64(45-49)69(57-36-17-12-31-52(57)53-32-13-18-37-58(53)69)61-40-21-20-39-60(61)68(62)55-34-15-10-29-50(55)51-30-11-16-35-56(51)68/h1-45H. The predicted molar refractivity (Wildman–Crippen MR) is 287 cm³/mol. The smallest absolute Gasteiger partial charge is 0.0720 e. The maximum atomic E-state index is 2.59. The lowest BCUT2D eigenvalue weighted by Gasteiger charge is -2.49. The van der Waals surface area contributed by atoms with Crippen LogP contribution in [0.4, 0.5) is 17.1 Å². The van der Waals surface area contributed by atoms with Gasteiger partial charge in [0.05, 0.1) is 21.9 Å². The number of anilines is 3. The average Bonchev–Trinajstić information content (AvgIpc) is 4.03. The Kier molecular flexibility index (Phi) is 8.19. The van der Waals surface area contributed by atoms with Gasteiger partial charge < -0.3 is 4.90 Å². The summed E-state index contributed by atoms with van der Waals surface area (Å²) < 4.78 is 0. The third kappa shape index (κ3) is 4.81. The molecule has 4 aliphatic rings. The molecule has 0 N–H and O–H groups in total. The Bertz CT molecular complexity index is 3770. The van der Waals surface area contributed by atoms with E-state index in [1.165, 1.54) is 100 Å². The first-order valence-corrected chi connectivity index (χ1v) is 24.6. The maximum Gasteiger partial charge on any atom is 0.0720 e. The molecule has 0 radical (unpaired) electrons. The Morgan fingerprint density at radius 1 is 0.214 bits per heavy atom. The molecule has 0 atom stereocenters. The molecule has 0 bridgehead atoms. The van der Waals surface area contributed by atoms with E-state index in [-0.39, 0.29) is 0 Å². The Hall–Kier alpha value is -8.78. The molecule has 0 aliphatic heterocycles. The molecule has 0 heterocycles. The Morgan fingerprint density at radius 2 is 0.571 bits per heavy atom. The molecule has 326 valence electrons. The van der Waals surface area contributed by atoms with Crippen LogP contribution in [-0.4, -0.2) is 0 Å². The number of nitrogens with zero attached hydrogens (tertiary/aromatic N) is 1. The highest BCUT2D eigenvalue weighted by atomic mass is 15.1. The largest absolute Gasteiger partial charge is 0.310 e. The summed E-state index contributed by atoms with van der Waals surface area (Å²) in [5.41, 5.74) is 25.1. The molecule has 2 spiro atoms. The van der Waals surface area contributed by atoms with E-state index in [0.29, 0.717) is 0 Å². The molecule has 11 aromatic rings. The quantitative estimate of drug-likeness (QED) is 0.166. The zero-order valence-corrected chi connectivity index (χ0v) is 38.4. The van der Waals surface area contributed by atoms with Crippen molar-refractivity contribution in [2.75, 3.05) is 4.90 Å². The van der Waals surface area contributed by atoms with Crippen LogP contribution >= 0.6 is 0 Å². The van der Waals surface area contributed by atoms with Crippen LogP contribution in [0.3, 0.4) is 0 Å². The summed E-state index contributed by atoms with van der Waals surface area (Å²) in [5, 5.41) is 0. The van der Waals surface area contributed by atoms with Crippen LogP contribution in [-0.2, 0) is 16.2 Å². The third-order valence-corrected chi connectivity index (χ3v) is 16.4. The van der Waals surface area contributed by atoms with Gasteiger partial charge in [0.25, 0.3) is 0 Å². The second-order valence-electron chi connectivity index (χ2n) is 19.4. The summed E-state index contributed by atoms with van der Waals surface area (Å²) in [5.74, 6) is 0. The molecule has 1 heteroatoms. The van der Waals surface area contributed by atoms with Crippen LogP contribution in [0, 0.1) is 0 Å². The van der Waals surface area contributed by atoms with Crippen LogP contribution in [0.25, 0.3) is 33.4 Å². The fraction of sp³-hybridized carbons (Fsp3) is 0.0435. The van der Waals surface area contributed by atoms with Gasteiger partial charge in [-0.05, 0) is 125 Å². The van der Waals surface area contributed by atoms with Gasteiger partial charge in [-0.2, -0.15) is 0 Å². The normalized spacial score (nSPS) is 14.9. The van der Waals surface area contributed by atoms with Gasteiger partial charge in [-0.1, -0.05) is 243 Å². The van der Waals surface area contributed by atoms with Crippen LogP contribution in [0.5, 0.6) is 0 Å². The molecule has 0 unspecified atom stereocenters. The van der Waals surface area contributed by atoms with Crippen LogP contribution in [0.15, 0.2) is 273 Å². The van der Waals surface area contributed by atoms with Crippen molar-refractivity contribution < 1.29 is 0 Å². The lowest BCUT2D eigenvalue weighted by atomic mass is 9.52. The van der Waals surface area contributed by atoms with E-state index in [0.717, 1.165) is 17.1 Å². The van der Waals surface area contributed by atoms with Crippen molar-refractivity contribution >= 4 is 17.1 Å². The third-order valence-electron chi connectivity index (χ3n) is 16.4. The monoisotopic (exact) mass is 887 g/mol. The Balaban J connectivity index is 1.08. The topological polar surface area (TPSA) is 3.24 Å². The van der Waals surface area contributed by atoms with Crippen molar-refractivity contribution in [1.29, 1.82) is 0 Å². The van der Waals surface area contributed by atoms with Gasteiger partial charge in [-0.15, -0.1) is 0 Å². The highest BCUT2D eigenvalue weighted by Gasteiger charge is 2.59. The minimum Gasteiger partial charge on any atom is -0.310 e. The van der Waals surface area contributed by atoms with E-state index >= 15 is 0 Å². The number of hydrogen-bond acceptors (Lipinski definition) is 1. The van der Waals surface area contributed by atoms with Gasteiger partial charge >= 0.3 is 0 Å².